The van der Waals surface area contributed by atoms with Crippen LogP contribution in [0.5, 0.6) is 23.0 Å². The average molecular weight is 1140 g/mol. The first-order valence-corrected chi connectivity index (χ1v) is 28.2. The van der Waals surface area contributed by atoms with Gasteiger partial charge in [-0.2, -0.15) is 19.2 Å². The predicted molar refractivity (Wildman–Crippen MR) is 309 cm³/mol. The van der Waals surface area contributed by atoms with E-state index in [1.165, 1.54) is 0 Å². The van der Waals surface area contributed by atoms with E-state index in [1.807, 2.05) is 72.6 Å². The zero-order chi connectivity index (χ0) is 59.1. The molecule has 6 aromatic rings. The Morgan fingerprint density at radius 2 is 1.07 bits per heavy atom. The minimum Gasteiger partial charge on any atom is -0.486 e. The fraction of sp³-hybridized carbons (Fsp3) is 0.459. The van der Waals surface area contributed by atoms with Crippen LogP contribution in [0, 0.1) is 0 Å². The van der Waals surface area contributed by atoms with Gasteiger partial charge in [-0.05, 0) is 108 Å². The molecule has 1 amide bonds. The molecule has 0 unspecified atom stereocenters. The van der Waals surface area contributed by atoms with Gasteiger partial charge in [0.2, 0.25) is 0 Å². The van der Waals surface area contributed by atoms with E-state index in [2.05, 4.69) is 73.2 Å². The third-order valence-corrected chi connectivity index (χ3v) is 14.2. The molecule has 0 saturated carbocycles. The van der Waals surface area contributed by atoms with Crippen LogP contribution in [0.25, 0.3) is 34.2 Å². The van der Waals surface area contributed by atoms with Gasteiger partial charge < -0.3 is 47.9 Å². The maximum absolute atomic E-state index is 13.4. The van der Waals surface area contributed by atoms with Gasteiger partial charge in [0.25, 0.3) is 11.1 Å². The van der Waals surface area contributed by atoms with Crippen molar-refractivity contribution in [1.29, 1.82) is 0 Å². The summed E-state index contributed by atoms with van der Waals surface area (Å²) in [7, 11) is 0. The maximum Gasteiger partial charge on any atom is 0.410 e. The van der Waals surface area contributed by atoms with Crippen molar-refractivity contribution in [2.45, 2.75) is 117 Å². The molecule has 1 N–H and O–H groups in total. The quantitative estimate of drug-likeness (QED) is 0.103. The second-order valence-electron chi connectivity index (χ2n) is 21.1. The van der Waals surface area contributed by atoms with Gasteiger partial charge in [0, 0.05) is 94.6 Å². The van der Waals surface area contributed by atoms with Crippen molar-refractivity contribution < 1.29 is 47.7 Å². The summed E-state index contributed by atoms with van der Waals surface area (Å²) in [6.07, 6.45) is 21.2. The van der Waals surface area contributed by atoms with Crippen molar-refractivity contribution in [3.63, 3.8) is 0 Å². The zero-order valence-electron chi connectivity index (χ0n) is 48.0. The highest BCUT2D eigenvalue weighted by Crippen LogP contribution is 2.32. The molecule has 6 aromatic heterocycles. The fourth-order valence-electron chi connectivity index (χ4n) is 10.1. The summed E-state index contributed by atoms with van der Waals surface area (Å²) < 4.78 is 32.0. The summed E-state index contributed by atoms with van der Waals surface area (Å²) in [6, 6.07) is 15.2. The summed E-state index contributed by atoms with van der Waals surface area (Å²) in [5.41, 5.74) is 6.51. The summed E-state index contributed by atoms with van der Waals surface area (Å²) in [5, 5.41) is 3.64. The Hall–Kier alpha value is -8.39. The topological polar surface area (TPSA) is 249 Å². The molecule has 0 bridgehead atoms. The largest absolute Gasteiger partial charge is 0.486 e. The molecule has 440 valence electrons. The predicted octanol–water partition coefficient (Wildman–Crippen LogP) is 6.96. The molecule has 4 aliphatic heterocycles. The molecule has 0 aromatic carbocycles. The Morgan fingerprint density at radius 1 is 0.627 bits per heavy atom. The van der Waals surface area contributed by atoms with Crippen molar-refractivity contribution in [2.24, 2.45) is 0 Å². The Labute approximate surface area is 482 Å². The number of pyridine rings is 6. The Kier molecular flexibility index (Phi) is 23.4. The van der Waals surface area contributed by atoms with Crippen LogP contribution < -0.4 is 35.4 Å². The monoisotopic (exact) mass is 1140 g/mol. The lowest BCUT2D eigenvalue weighted by Crippen LogP contribution is -2.49. The molecule has 0 spiro atoms. The molecule has 83 heavy (non-hydrogen) atoms. The number of allylic oxidation sites excluding steroid dienone is 2. The molecule has 22 heteroatoms. The first kappa shape index (κ1) is 62.2. The van der Waals surface area contributed by atoms with Crippen LogP contribution in [-0.2, 0) is 50.1 Å². The molecular weight excluding hydrogens is 1060 g/mol. The third kappa shape index (κ3) is 18.3. The van der Waals surface area contributed by atoms with Gasteiger partial charge in [-0.3, -0.25) is 34.4 Å². The molecule has 0 atom stereocenters. The van der Waals surface area contributed by atoms with E-state index in [0.29, 0.717) is 70.1 Å². The Morgan fingerprint density at radius 3 is 1.54 bits per heavy atom. The van der Waals surface area contributed by atoms with Crippen LogP contribution in [0.4, 0.5) is 4.79 Å². The van der Waals surface area contributed by atoms with Crippen LogP contribution in [0.2, 0.25) is 0 Å². The van der Waals surface area contributed by atoms with Gasteiger partial charge in [-0.25, -0.2) is 4.79 Å². The minimum atomic E-state index is -0.608. The number of ether oxygens (including phenoxy) is 5. The number of nitrogens with one attached hydrogen (secondary N) is 1. The number of hydrogen-bond acceptors (Lipinski definition) is 19. The number of amides is 1. The Balaban J connectivity index is 0.000000221. The van der Waals surface area contributed by atoms with Gasteiger partial charge in [-0.15, -0.1) is 0 Å². The van der Waals surface area contributed by atoms with E-state index in [-0.39, 0.29) is 35.6 Å². The van der Waals surface area contributed by atoms with Crippen molar-refractivity contribution in [1.82, 2.24) is 49.1 Å². The number of nitrogens with zero attached hydrogens (tertiary/aromatic N) is 9. The number of carbonyl (C=O) groups excluding carboxylic acids is 5. The number of aromatic nitrogens is 6. The molecule has 10 heterocycles. The van der Waals surface area contributed by atoms with E-state index in [1.54, 1.807) is 35.5 Å². The van der Waals surface area contributed by atoms with E-state index < -0.39 is 5.60 Å². The molecule has 0 aliphatic carbocycles. The molecule has 10 rings (SSSR count). The fourth-order valence-corrected chi connectivity index (χ4v) is 10.1. The lowest BCUT2D eigenvalue weighted by atomic mass is 10.0. The van der Waals surface area contributed by atoms with Gasteiger partial charge in [0.15, 0.2) is 23.0 Å². The summed E-state index contributed by atoms with van der Waals surface area (Å²) >= 11 is 0. The zero-order valence-corrected chi connectivity index (χ0v) is 48.0. The van der Waals surface area contributed by atoms with E-state index in [9.17, 15) is 14.4 Å². The molecule has 22 nitrogen and oxygen atoms in total. The molecule has 2 saturated heterocycles. The van der Waals surface area contributed by atoms with Crippen molar-refractivity contribution in [3.8, 4) is 23.0 Å². The van der Waals surface area contributed by atoms with E-state index in [4.69, 9.17) is 42.9 Å². The minimum absolute atomic E-state index is 0.00323. The van der Waals surface area contributed by atoms with Gasteiger partial charge in [0.1, 0.15) is 32.0 Å². The van der Waals surface area contributed by atoms with Crippen molar-refractivity contribution in [2.75, 3.05) is 65.7 Å². The summed E-state index contributed by atoms with van der Waals surface area (Å²) in [4.78, 5) is 96.1. The van der Waals surface area contributed by atoms with Crippen LogP contribution in [0.1, 0.15) is 95.7 Å². The van der Waals surface area contributed by atoms with E-state index >= 15 is 0 Å². The summed E-state index contributed by atoms with van der Waals surface area (Å²) in [5.74, 6) is 2.78. The number of carbonyl (C=O) groups is 1. The first-order valence-electron chi connectivity index (χ1n) is 28.2. The van der Waals surface area contributed by atoms with Crippen LogP contribution in [-0.4, -0.2) is 146 Å². The van der Waals surface area contributed by atoms with Gasteiger partial charge in [0.05, 0.1) is 52.4 Å². The SMILES string of the molecule is CC/C=C/c1cnc2ccc(=O)n(CCN3CCC(N(Cc4cc5c(cn4)OCCO5)C(=O)OC(C)(C)C)CC3)c2c1.CC/C=C/c1cnc2ccc(=O)n(CCN3CCC(NCc4cc5c(cn4)OCCO5)CC3)c2c1.O=C=O.O=C=O. The molecule has 2 fully saturated rings. The lowest BCUT2D eigenvalue weighted by Gasteiger charge is -2.39. The van der Waals surface area contributed by atoms with Gasteiger partial charge >= 0.3 is 18.4 Å². The molecule has 4 aliphatic rings. The number of fused-ring (bicyclic) bond motifs is 4. The first-order chi connectivity index (χ1) is 40.2. The van der Waals surface area contributed by atoms with E-state index in [0.717, 1.165) is 134 Å². The smallest absolute Gasteiger partial charge is 0.410 e. The second kappa shape index (κ2) is 31.2. The summed E-state index contributed by atoms with van der Waals surface area (Å²) in [6.45, 7) is 19.5. The van der Waals surface area contributed by atoms with Gasteiger partial charge in [-0.1, -0.05) is 38.2 Å². The molecular formula is C61H74N10O12. The number of rotatable bonds is 16. The highest BCUT2D eigenvalue weighted by Gasteiger charge is 2.32. The van der Waals surface area contributed by atoms with Crippen molar-refractivity contribution in [3.05, 3.63) is 129 Å². The third-order valence-electron chi connectivity index (χ3n) is 14.2. The average Bonchev–Trinajstić information content (AvgIpc) is 3.68. The highest BCUT2D eigenvalue weighted by atomic mass is 16.6. The second-order valence-corrected chi connectivity index (χ2v) is 21.1. The standard InChI is InChI=1S/C32H41N5O5.C27H33N5O3.2CO2/c1-5-6-7-23-18-27-26(34-20-23)8-9-30(38)36(27)15-14-35-12-10-25(11-13-35)37(31(39)42-32(2,3)4)22-24-19-28-29(21-33-24)41-17-16-40-28;1-2-3-4-20-15-24-23(30-17-20)5-6-27(33)32(24)12-11-31-9-7-21(8-10-31)28-18-22-16-25-26(19-29-22)35-14-13-34-25;2*2-1-3/h6-9,18-21,25H,5,10-17,22H2,1-4H3;3-6,15-17,19,21,28H,2,7-14,18H2,1H3;;/b7-6+;4-3+;;. The highest BCUT2D eigenvalue weighted by molar-refractivity contribution is 5.78. The normalized spacial score (nSPS) is 15.5. The lowest BCUT2D eigenvalue weighted by molar-refractivity contribution is -0.193. The Bertz CT molecular complexity index is 3350. The molecule has 0 radical (unpaired) electrons. The maximum atomic E-state index is 13.4. The van der Waals surface area contributed by atoms with Crippen LogP contribution in [0.15, 0.2) is 95.1 Å². The van der Waals surface area contributed by atoms with Crippen LogP contribution >= 0.6 is 0 Å². The number of likely N-dealkylation sites (tertiary alicyclic amines) is 2. The number of hydrogen-bond donors (Lipinski definition) is 1. The van der Waals surface area contributed by atoms with Crippen LogP contribution in [0.3, 0.4) is 0 Å². The number of piperidine rings is 2. The van der Waals surface area contributed by atoms with Crippen molar-refractivity contribution >= 4 is 52.6 Å².